The minimum Gasteiger partial charge on any atom is -0.481 e. The van der Waals surface area contributed by atoms with Crippen LogP contribution < -0.4 is 0 Å². The van der Waals surface area contributed by atoms with Crippen molar-refractivity contribution in [3.63, 3.8) is 0 Å². The van der Waals surface area contributed by atoms with Crippen molar-refractivity contribution in [3.05, 3.63) is 0 Å². The van der Waals surface area contributed by atoms with Crippen LogP contribution in [-0.2, 0) is 14.3 Å². The van der Waals surface area contributed by atoms with Crippen molar-refractivity contribution in [2.45, 2.75) is 12.8 Å². The molecule has 2 saturated heterocycles. The second-order valence-corrected chi connectivity index (χ2v) is 6.57. The van der Waals surface area contributed by atoms with Crippen molar-refractivity contribution in [3.8, 4) is 0 Å². The Labute approximate surface area is 125 Å². The molecule has 1 N–H and O–H groups in total. The van der Waals surface area contributed by atoms with Gasteiger partial charge in [0.25, 0.3) is 0 Å². The van der Waals surface area contributed by atoms with Crippen LogP contribution in [0, 0.1) is 23.7 Å². The molecule has 6 nitrogen and oxygen atoms in total. The van der Waals surface area contributed by atoms with Gasteiger partial charge in [-0.1, -0.05) is 0 Å². The number of carbonyl (C=O) groups is 2. The van der Waals surface area contributed by atoms with E-state index in [1.807, 2.05) is 4.90 Å². The molecule has 2 unspecified atom stereocenters. The molecule has 4 atom stereocenters. The normalized spacial score (nSPS) is 35.6. The highest BCUT2D eigenvalue weighted by Crippen LogP contribution is 2.52. The summed E-state index contributed by atoms with van der Waals surface area (Å²) in [6.45, 7) is 4.74. The van der Waals surface area contributed by atoms with Crippen LogP contribution in [0.2, 0.25) is 0 Å². The van der Waals surface area contributed by atoms with Crippen LogP contribution in [0.3, 0.4) is 0 Å². The molecule has 3 aliphatic rings. The largest absolute Gasteiger partial charge is 0.481 e. The summed E-state index contributed by atoms with van der Waals surface area (Å²) in [5.74, 6) is -0.164. The van der Waals surface area contributed by atoms with Crippen LogP contribution in [0.5, 0.6) is 0 Å². The molecule has 0 radical (unpaired) electrons. The van der Waals surface area contributed by atoms with Crippen molar-refractivity contribution in [1.82, 2.24) is 9.80 Å². The number of carbonyl (C=O) groups excluding carboxylic acids is 1. The zero-order valence-electron chi connectivity index (χ0n) is 12.5. The Morgan fingerprint density at radius 1 is 1.24 bits per heavy atom. The summed E-state index contributed by atoms with van der Waals surface area (Å²) in [5.41, 5.74) is 0. The second kappa shape index (κ2) is 5.93. The van der Waals surface area contributed by atoms with Crippen LogP contribution in [0.1, 0.15) is 12.8 Å². The number of carboxylic acids is 1. The van der Waals surface area contributed by atoms with Gasteiger partial charge in [0.1, 0.15) is 0 Å². The molecule has 0 aromatic heterocycles. The molecule has 118 valence electrons. The number of rotatable bonds is 5. The number of methoxy groups -OCH3 is 1. The Morgan fingerprint density at radius 3 is 2.57 bits per heavy atom. The van der Waals surface area contributed by atoms with Gasteiger partial charge in [-0.25, -0.2) is 0 Å². The molecule has 6 heteroatoms. The van der Waals surface area contributed by atoms with Crippen LogP contribution in [-0.4, -0.2) is 73.2 Å². The number of ether oxygens (including phenoxy) is 1. The Balaban J connectivity index is 1.49. The Bertz CT molecular complexity index is 416. The molecule has 21 heavy (non-hydrogen) atoms. The summed E-state index contributed by atoms with van der Waals surface area (Å²) in [6.07, 6.45) is 2.01. The number of hydrogen-bond acceptors (Lipinski definition) is 4. The molecular formula is C15H24N2O4. The SMILES string of the molecule is COCCN1CCCC(C(=O)N2C[C@@H]3C(C(=O)O)[C@@H]3C2)C1. The first-order valence-corrected chi connectivity index (χ1v) is 7.84. The van der Waals surface area contributed by atoms with Gasteiger partial charge in [0.05, 0.1) is 18.4 Å². The first-order valence-electron chi connectivity index (χ1n) is 7.84. The number of amides is 1. The highest BCUT2D eigenvalue weighted by Gasteiger charge is 2.60. The van der Waals surface area contributed by atoms with Gasteiger partial charge < -0.3 is 19.6 Å². The van der Waals surface area contributed by atoms with E-state index >= 15 is 0 Å². The number of piperidine rings is 2. The van der Waals surface area contributed by atoms with Gasteiger partial charge in [-0.05, 0) is 31.2 Å². The summed E-state index contributed by atoms with van der Waals surface area (Å²) >= 11 is 0. The van der Waals surface area contributed by atoms with E-state index in [9.17, 15) is 9.59 Å². The van der Waals surface area contributed by atoms with E-state index in [4.69, 9.17) is 9.84 Å². The van der Waals surface area contributed by atoms with Gasteiger partial charge in [0.2, 0.25) is 5.91 Å². The highest BCUT2D eigenvalue weighted by atomic mass is 16.5. The van der Waals surface area contributed by atoms with Crippen LogP contribution >= 0.6 is 0 Å². The van der Waals surface area contributed by atoms with E-state index in [1.165, 1.54) is 0 Å². The number of fused-ring (bicyclic) bond motifs is 1. The number of hydrogen-bond donors (Lipinski definition) is 1. The second-order valence-electron chi connectivity index (χ2n) is 6.57. The first-order chi connectivity index (χ1) is 10.1. The maximum absolute atomic E-state index is 12.6. The van der Waals surface area contributed by atoms with Crippen LogP contribution in [0.15, 0.2) is 0 Å². The zero-order chi connectivity index (χ0) is 15.0. The maximum Gasteiger partial charge on any atom is 0.307 e. The molecule has 3 rings (SSSR count). The van der Waals surface area contributed by atoms with E-state index in [-0.39, 0.29) is 29.6 Å². The van der Waals surface area contributed by atoms with E-state index in [1.54, 1.807) is 7.11 Å². The summed E-state index contributed by atoms with van der Waals surface area (Å²) in [7, 11) is 1.70. The molecule has 0 aromatic carbocycles. The van der Waals surface area contributed by atoms with E-state index in [0.717, 1.165) is 32.5 Å². The Kier molecular flexibility index (Phi) is 4.17. The lowest BCUT2D eigenvalue weighted by Crippen LogP contribution is -2.45. The van der Waals surface area contributed by atoms with Gasteiger partial charge in [-0.3, -0.25) is 9.59 Å². The van der Waals surface area contributed by atoms with Gasteiger partial charge in [-0.15, -0.1) is 0 Å². The predicted octanol–water partition coefficient (Wildman–Crippen LogP) is 0.134. The van der Waals surface area contributed by atoms with Crippen molar-refractivity contribution < 1.29 is 19.4 Å². The lowest BCUT2D eigenvalue weighted by atomic mass is 9.96. The van der Waals surface area contributed by atoms with Gasteiger partial charge in [0.15, 0.2) is 0 Å². The van der Waals surface area contributed by atoms with Crippen molar-refractivity contribution in [2.75, 3.05) is 46.4 Å². The van der Waals surface area contributed by atoms with Crippen molar-refractivity contribution in [2.24, 2.45) is 23.7 Å². The molecule has 1 aliphatic carbocycles. The number of aliphatic carboxylic acids is 1. The summed E-state index contributed by atoms with van der Waals surface area (Å²) in [4.78, 5) is 27.8. The molecule has 0 aromatic rings. The summed E-state index contributed by atoms with van der Waals surface area (Å²) < 4.78 is 5.10. The molecule has 1 amide bonds. The molecular weight excluding hydrogens is 272 g/mol. The fraction of sp³-hybridized carbons (Fsp3) is 0.867. The lowest BCUT2D eigenvalue weighted by molar-refractivity contribution is -0.142. The topological polar surface area (TPSA) is 70.1 Å². The zero-order valence-corrected chi connectivity index (χ0v) is 12.5. The molecule has 2 aliphatic heterocycles. The standard InChI is InChI=1S/C15H24N2O4/c1-21-6-5-16-4-2-3-10(7-16)14(18)17-8-11-12(9-17)13(11)15(19)20/h10-13H,2-9H2,1H3,(H,19,20)/t10?,11-,12+,13?. The van der Waals surface area contributed by atoms with Gasteiger partial charge in [0, 0.05) is 33.3 Å². The van der Waals surface area contributed by atoms with Gasteiger partial charge >= 0.3 is 5.97 Å². The predicted molar refractivity (Wildman–Crippen MR) is 75.7 cm³/mol. The highest BCUT2D eigenvalue weighted by molar-refractivity contribution is 5.81. The first kappa shape index (κ1) is 14.8. The average molecular weight is 296 g/mol. The third-order valence-corrected chi connectivity index (χ3v) is 5.26. The van der Waals surface area contributed by atoms with E-state index in [0.29, 0.717) is 19.7 Å². The molecule has 0 bridgehead atoms. The Morgan fingerprint density at radius 2 is 1.95 bits per heavy atom. The fourth-order valence-corrected chi connectivity index (χ4v) is 4.01. The van der Waals surface area contributed by atoms with Crippen molar-refractivity contribution >= 4 is 11.9 Å². The maximum atomic E-state index is 12.6. The smallest absolute Gasteiger partial charge is 0.307 e. The molecule has 2 heterocycles. The molecule has 1 saturated carbocycles. The minimum absolute atomic E-state index is 0.0800. The quantitative estimate of drug-likeness (QED) is 0.781. The van der Waals surface area contributed by atoms with Gasteiger partial charge in [-0.2, -0.15) is 0 Å². The number of likely N-dealkylation sites (tertiary alicyclic amines) is 2. The number of nitrogens with zero attached hydrogens (tertiary/aromatic N) is 2. The Hall–Kier alpha value is -1.14. The molecule has 0 spiro atoms. The van der Waals surface area contributed by atoms with E-state index < -0.39 is 5.97 Å². The third-order valence-electron chi connectivity index (χ3n) is 5.26. The van der Waals surface area contributed by atoms with Crippen LogP contribution in [0.25, 0.3) is 0 Å². The van der Waals surface area contributed by atoms with Crippen LogP contribution in [0.4, 0.5) is 0 Å². The number of carboxylic acid groups (broad SMARTS) is 1. The fourth-order valence-electron chi connectivity index (χ4n) is 4.01. The monoisotopic (exact) mass is 296 g/mol. The van der Waals surface area contributed by atoms with Crippen molar-refractivity contribution in [1.29, 1.82) is 0 Å². The average Bonchev–Trinajstić information content (AvgIpc) is 3.00. The lowest BCUT2D eigenvalue weighted by Gasteiger charge is -2.34. The summed E-state index contributed by atoms with van der Waals surface area (Å²) in [5, 5.41) is 9.03. The summed E-state index contributed by atoms with van der Waals surface area (Å²) in [6, 6.07) is 0. The third kappa shape index (κ3) is 2.92. The minimum atomic E-state index is -0.694. The molecule has 3 fully saturated rings. The van der Waals surface area contributed by atoms with E-state index in [2.05, 4.69) is 4.90 Å².